The average Bonchev–Trinajstić information content (AvgIpc) is 3.26. The highest BCUT2D eigenvalue weighted by Gasteiger charge is 2.18. The van der Waals surface area contributed by atoms with Crippen molar-refractivity contribution < 1.29 is 19.1 Å². The molecule has 160 valence electrons. The zero-order valence-corrected chi connectivity index (χ0v) is 17.2. The van der Waals surface area contributed by atoms with E-state index >= 15 is 0 Å². The van der Waals surface area contributed by atoms with E-state index in [1.807, 2.05) is 24.3 Å². The van der Waals surface area contributed by atoms with Gasteiger partial charge in [0.05, 0.1) is 23.6 Å². The number of carbonyl (C=O) groups excluding carboxylic acids is 2. The molecule has 1 N–H and O–H groups in total. The summed E-state index contributed by atoms with van der Waals surface area (Å²) in [6.45, 7) is 0.682. The van der Waals surface area contributed by atoms with Crippen molar-refractivity contribution in [3.05, 3.63) is 69.8 Å². The Hall–Kier alpha value is -3.68. The molecule has 1 aromatic heterocycles. The topological polar surface area (TPSA) is 99.5 Å². The first-order chi connectivity index (χ1) is 15.1. The molecule has 0 radical (unpaired) electrons. The van der Waals surface area contributed by atoms with Crippen LogP contribution >= 0.6 is 0 Å². The number of aromatic nitrogens is 2. The van der Waals surface area contributed by atoms with Crippen LogP contribution in [-0.4, -0.2) is 41.7 Å². The Kier molecular flexibility index (Phi) is 5.97. The van der Waals surface area contributed by atoms with Crippen LogP contribution in [0.4, 0.5) is 0 Å². The van der Waals surface area contributed by atoms with Gasteiger partial charge in [-0.25, -0.2) is 9.78 Å². The molecule has 1 amide bonds. The van der Waals surface area contributed by atoms with Crippen molar-refractivity contribution in [1.29, 1.82) is 0 Å². The minimum Gasteiger partial charge on any atom is -0.496 e. The van der Waals surface area contributed by atoms with E-state index in [9.17, 15) is 14.4 Å². The van der Waals surface area contributed by atoms with Gasteiger partial charge in [-0.1, -0.05) is 18.2 Å². The normalized spacial score (nSPS) is 12.4. The largest absolute Gasteiger partial charge is 0.496 e. The smallest absolute Gasteiger partial charge is 0.338 e. The molecule has 3 aromatic rings. The van der Waals surface area contributed by atoms with E-state index in [0.29, 0.717) is 30.4 Å². The van der Waals surface area contributed by atoms with E-state index in [1.165, 1.54) is 12.1 Å². The second-order valence-electron chi connectivity index (χ2n) is 7.31. The highest BCUT2D eigenvalue weighted by molar-refractivity contribution is 5.95. The second-order valence-corrected chi connectivity index (χ2v) is 7.31. The molecule has 0 saturated carbocycles. The molecule has 8 nitrogen and oxygen atoms in total. The van der Waals surface area contributed by atoms with E-state index in [1.54, 1.807) is 17.7 Å². The molecule has 0 spiro atoms. The molecular weight excluding hydrogens is 398 g/mol. The van der Waals surface area contributed by atoms with Gasteiger partial charge in [-0.05, 0) is 42.7 Å². The molecule has 0 fully saturated rings. The van der Waals surface area contributed by atoms with Crippen molar-refractivity contribution in [2.24, 2.45) is 0 Å². The van der Waals surface area contributed by atoms with Gasteiger partial charge in [0.25, 0.3) is 11.5 Å². The fourth-order valence-corrected chi connectivity index (χ4v) is 3.72. The lowest BCUT2D eigenvalue weighted by Gasteiger charge is -2.10. The van der Waals surface area contributed by atoms with E-state index in [4.69, 9.17) is 9.47 Å². The Labute approximate surface area is 178 Å². The fourth-order valence-electron chi connectivity index (χ4n) is 3.72. The minimum atomic E-state index is -0.635. The van der Waals surface area contributed by atoms with Crippen LogP contribution in [0.1, 0.15) is 28.2 Å². The summed E-state index contributed by atoms with van der Waals surface area (Å²) in [5.41, 5.74) is 1.61. The van der Waals surface area contributed by atoms with Crippen LogP contribution in [0.2, 0.25) is 0 Å². The number of hydrogen-bond acceptors (Lipinski definition) is 6. The highest BCUT2D eigenvalue weighted by Crippen LogP contribution is 2.18. The summed E-state index contributed by atoms with van der Waals surface area (Å²) in [5, 5.41) is 3.20. The lowest BCUT2D eigenvalue weighted by molar-refractivity contribution is -0.124. The predicted octanol–water partition coefficient (Wildman–Crippen LogP) is 1.87. The standard InChI is InChI=1S/C23H23N3O5/c1-30-19-6-3-2-5-15(19)10-11-24-21(27)14-31-23(29)16-8-9-17-18(13-16)25-20-7-4-12-26(20)22(17)28/h2-3,5-6,8-9,13H,4,7,10-12,14H2,1H3,(H,24,27). The number of carbonyl (C=O) groups is 2. The Morgan fingerprint density at radius 3 is 2.87 bits per heavy atom. The maximum atomic E-state index is 12.5. The van der Waals surface area contributed by atoms with Crippen molar-refractivity contribution >= 4 is 22.8 Å². The molecule has 0 aliphatic carbocycles. The van der Waals surface area contributed by atoms with E-state index in [-0.39, 0.29) is 17.7 Å². The van der Waals surface area contributed by atoms with Gasteiger partial charge in [0.2, 0.25) is 0 Å². The van der Waals surface area contributed by atoms with E-state index < -0.39 is 11.9 Å². The summed E-state index contributed by atoms with van der Waals surface area (Å²) in [5.74, 6) is 0.471. The van der Waals surface area contributed by atoms with Crippen LogP contribution in [0.3, 0.4) is 0 Å². The molecule has 0 unspecified atom stereocenters. The molecule has 1 aliphatic heterocycles. The Morgan fingerprint density at radius 1 is 1.19 bits per heavy atom. The maximum Gasteiger partial charge on any atom is 0.338 e. The fraction of sp³-hybridized carbons (Fsp3) is 0.304. The number of benzene rings is 2. The number of amides is 1. The number of methoxy groups -OCH3 is 1. The lowest BCUT2D eigenvalue weighted by atomic mass is 10.1. The van der Waals surface area contributed by atoms with Gasteiger partial charge in [0.15, 0.2) is 6.61 Å². The van der Waals surface area contributed by atoms with Gasteiger partial charge < -0.3 is 14.8 Å². The number of hydrogen-bond donors (Lipinski definition) is 1. The minimum absolute atomic E-state index is 0.0909. The number of nitrogens with zero attached hydrogens (tertiary/aromatic N) is 2. The third-order valence-electron chi connectivity index (χ3n) is 5.30. The van der Waals surface area contributed by atoms with Gasteiger partial charge in [0.1, 0.15) is 11.6 Å². The number of fused-ring (bicyclic) bond motifs is 2. The SMILES string of the molecule is COc1ccccc1CCNC(=O)COC(=O)c1ccc2c(=O)n3c(nc2c1)CCC3. The first-order valence-corrected chi connectivity index (χ1v) is 10.2. The van der Waals surface area contributed by atoms with Crippen LogP contribution < -0.4 is 15.6 Å². The first-order valence-electron chi connectivity index (χ1n) is 10.2. The predicted molar refractivity (Wildman–Crippen MR) is 114 cm³/mol. The third-order valence-corrected chi connectivity index (χ3v) is 5.30. The summed E-state index contributed by atoms with van der Waals surface area (Å²) in [6.07, 6.45) is 2.23. The van der Waals surface area contributed by atoms with Crippen LogP contribution in [-0.2, 0) is 28.9 Å². The maximum absolute atomic E-state index is 12.5. The Morgan fingerprint density at radius 2 is 2.03 bits per heavy atom. The summed E-state index contributed by atoms with van der Waals surface area (Å²) in [7, 11) is 1.60. The van der Waals surface area contributed by atoms with Crippen molar-refractivity contribution in [3.63, 3.8) is 0 Å². The molecule has 1 aliphatic rings. The summed E-state index contributed by atoms with van der Waals surface area (Å²) in [4.78, 5) is 41.4. The Balaban J connectivity index is 1.33. The third kappa shape index (κ3) is 4.42. The zero-order valence-electron chi connectivity index (χ0n) is 17.2. The van der Waals surface area contributed by atoms with Crippen molar-refractivity contribution in [1.82, 2.24) is 14.9 Å². The molecule has 0 atom stereocenters. The zero-order chi connectivity index (χ0) is 21.8. The van der Waals surface area contributed by atoms with Crippen molar-refractivity contribution in [2.75, 3.05) is 20.3 Å². The molecule has 8 heteroatoms. The number of aryl methyl sites for hydroxylation is 1. The summed E-state index contributed by atoms with van der Waals surface area (Å²) < 4.78 is 12.1. The average molecular weight is 421 g/mol. The molecule has 2 heterocycles. The van der Waals surface area contributed by atoms with Crippen molar-refractivity contribution in [2.45, 2.75) is 25.8 Å². The number of rotatable bonds is 7. The van der Waals surface area contributed by atoms with E-state index in [0.717, 1.165) is 30.0 Å². The molecule has 0 bridgehead atoms. The van der Waals surface area contributed by atoms with Crippen LogP contribution in [0.15, 0.2) is 47.3 Å². The van der Waals surface area contributed by atoms with Gasteiger partial charge in [-0.3, -0.25) is 14.2 Å². The van der Waals surface area contributed by atoms with Crippen molar-refractivity contribution in [3.8, 4) is 5.75 Å². The number of esters is 1. The summed E-state index contributed by atoms with van der Waals surface area (Å²) in [6, 6.07) is 12.2. The van der Waals surface area contributed by atoms with Gasteiger partial charge in [0, 0.05) is 19.5 Å². The summed E-state index contributed by atoms with van der Waals surface area (Å²) >= 11 is 0. The molecular formula is C23H23N3O5. The molecule has 31 heavy (non-hydrogen) atoms. The molecule has 4 rings (SSSR count). The number of ether oxygens (including phenoxy) is 2. The van der Waals surface area contributed by atoms with Gasteiger partial charge in [-0.15, -0.1) is 0 Å². The molecule has 2 aromatic carbocycles. The van der Waals surface area contributed by atoms with Crippen LogP contribution in [0.25, 0.3) is 10.9 Å². The molecule has 0 saturated heterocycles. The monoisotopic (exact) mass is 421 g/mol. The van der Waals surface area contributed by atoms with Crippen LogP contribution in [0, 0.1) is 0 Å². The number of nitrogens with one attached hydrogen (secondary N) is 1. The van der Waals surface area contributed by atoms with Crippen LogP contribution in [0.5, 0.6) is 5.75 Å². The van der Waals surface area contributed by atoms with E-state index in [2.05, 4.69) is 10.3 Å². The highest BCUT2D eigenvalue weighted by atomic mass is 16.5. The van der Waals surface area contributed by atoms with Gasteiger partial charge >= 0.3 is 5.97 Å². The van der Waals surface area contributed by atoms with Gasteiger partial charge in [-0.2, -0.15) is 0 Å². The lowest BCUT2D eigenvalue weighted by Crippen LogP contribution is -2.30. The Bertz CT molecular complexity index is 1200. The number of para-hydroxylation sites is 1. The second kappa shape index (κ2) is 8.99. The first kappa shape index (κ1) is 20.6. The quantitative estimate of drug-likeness (QED) is 0.585.